The van der Waals surface area contributed by atoms with Crippen LogP contribution in [0.2, 0.25) is 0 Å². The number of carbonyl (C=O) groups is 1. The van der Waals surface area contributed by atoms with Crippen molar-refractivity contribution in [3.63, 3.8) is 0 Å². The van der Waals surface area contributed by atoms with E-state index in [1.807, 2.05) is 0 Å². The van der Waals surface area contributed by atoms with Gasteiger partial charge >= 0.3 is 0 Å². The molecular weight excluding hydrogens is 202 g/mol. The van der Waals surface area contributed by atoms with Crippen molar-refractivity contribution in [3.8, 4) is 0 Å². The van der Waals surface area contributed by atoms with Gasteiger partial charge in [-0.2, -0.15) is 0 Å². The second-order valence-corrected chi connectivity index (χ2v) is 3.31. The standard InChI is InChI=1S/C7H7N5OS/c1-12-3-9-11-7(12)10-6(13)5-2-14-4-8-5/h2-4H,1H3,(H,10,11,13). The minimum atomic E-state index is -0.276. The quantitative estimate of drug-likeness (QED) is 0.782. The van der Waals surface area contributed by atoms with Crippen molar-refractivity contribution in [1.29, 1.82) is 0 Å². The SMILES string of the molecule is Cn1cnnc1NC(=O)c1cscn1. The lowest BCUT2D eigenvalue weighted by molar-refractivity contribution is 0.102. The summed E-state index contributed by atoms with van der Waals surface area (Å²) < 4.78 is 1.62. The Morgan fingerprint density at radius 1 is 1.64 bits per heavy atom. The van der Waals surface area contributed by atoms with Crippen LogP contribution in [0.1, 0.15) is 10.5 Å². The summed E-state index contributed by atoms with van der Waals surface area (Å²) in [4.78, 5) is 15.4. The second-order valence-electron chi connectivity index (χ2n) is 2.59. The Bertz CT molecular complexity index is 435. The summed E-state index contributed by atoms with van der Waals surface area (Å²) in [5, 5.41) is 11.6. The van der Waals surface area contributed by atoms with Gasteiger partial charge in [-0.1, -0.05) is 0 Å². The van der Waals surface area contributed by atoms with Crippen molar-refractivity contribution < 1.29 is 4.79 Å². The molecule has 0 aromatic carbocycles. The molecule has 2 heterocycles. The summed E-state index contributed by atoms with van der Waals surface area (Å²) in [6.45, 7) is 0. The molecule has 0 radical (unpaired) electrons. The van der Waals surface area contributed by atoms with E-state index in [0.29, 0.717) is 11.6 Å². The number of amides is 1. The van der Waals surface area contributed by atoms with E-state index in [9.17, 15) is 4.79 Å². The molecule has 0 bridgehead atoms. The smallest absolute Gasteiger partial charge is 0.277 e. The van der Waals surface area contributed by atoms with Crippen LogP contribution in [-0.4, -0.2) is 25.7 Å². The predicted octanol–water partition coefficient (Wildman–Crippen LogP) is 0.524. The molecule has 0 saturated carbocycles. The lowest BCUT2D eigenvalue weighted by atomic mass is 10.5. The number of carbonyl (C=O) groups excluding carboxylic acids is 1. The Kier molecular flexibility index (Phi) is 2.23. The van der Waals surface area contributed by atoms with Gasteiger partial charge in [0, 0.05) is 12.4 Å². The van der Waals surface area contributed by atoms with Crippen molar-refractivity contribution >= 4 is 23.2 Å². The summed E-state index contributed by atoms with van der Waals surface area (Å²) in [7, 11) is 1.75. The van der Waals surface area contributed by atoms with Gasteiger partial charge in [0.2, 0.25) is 5.95 Å². The first-order chi connectivity index (χ1) is 6.77. The Labute approximate surface area is 83.6 Å². The van der Waals surface area contributed by atoms with E-state index >= 15 is 0 Å². The monoisotopic (exact) mass is 209 g/mol. The van der Waals surface area contributed by atoms with E-state index in [1.54, 1.807) is 22.5 Å². The number of hydrogen-bond donors (Lipinski definition) is 1. The number of nitrogens with zero attached hydrogens (tertiary/aromatic N) is 4. The maximum absolute atomic E-state index is 11.5. The van der Waals surface area contributed by atoms with Crippen LogP contribution in [0, 0.1) is 0 Å². The van der Waals surface area contributed by atoms with Gasteiger partial charge in [-0.3, -0.25) is 10.1 Å². The first-order valence-corrected chi connectivity index (χ1v) is 4.75. The molecule has 0 aliphatic heterocycles. The number of rotatable bonds is 2. The summed E-state index contributed by atoms with van der Waals surface area (Å²) >= 11 is 1.37. The summed E-state index contributed by atoms with van der Waals surface area (Å²) in [6.07, 6.45) is 1.51. The fourth-order valence-electron chi connectivity index (χ4n) is 0.887. The third-order valence-electron chi connectivity index (χ3n) is 1.60. The summed E-state index contributed by atoms with van der Waals surface area (Å²) in [5.41, 5.74) is 1.99. The fourth-order valence-corrected chi connectivity index (χ4v) is 1.42. The fraction of sp³-hybridized carbons (Fsp3) is 0.143. The zero-order valence-corrected chi connectivity index (χ0v) is 8.15. The molecule has 1 amide bonds. The molecule has 6 nitrogen and oxygen atoms in total. The normalized spacial score (nSPS) is 10.1. The Hall–Kier alpha value is -1.76. The third kappa shape index (κ3) is 1.62. The van der Waals surface area contributed by atoms with E-state index < -0.39 is 0 Å². The number of hydrogen-bond acceptors (Lipinski definition) is 5. The molecule has 7 heteroatoms. The topological polar surface area (TPSA) is 72.7 Å². The van der Waals surface area contributed by atoms with Crippen molar-refractivity contribution in [1.82, 2.24) is 19.7 Å². The molecule has 0 spiro atoms. The number of anilines is 1. The van der Waals surface area contributed by atoms with Crippen LogP contribution in [-0.2, 0) is 7.05 Å². The molecule has 0 atom stereocenters. The van der Waals surface area contributed by atoms with Gasteiger partial charge < -0.3 is 4.57 Å². The van der Waals surface area contributed by atoms with E-state index in [0.717, 1.165) is 0 Å². The highest BCUT2D eigenvalue weighted by atomic mass is 32.1. The summed E-state index contributed by atoms with van der Waals surface area (Å²) in [6, 6.07) is 0. The van der Waals surface area contributed by atoms with Gasteiger partial charge in [-0.25, -0.2) is 4.98 Å². The molecule has 0 aliphatic carbocycles. The van der Waals surface area contributed by atoms with E-state index in [2.05, 4.69) is 20.5 Å². The van der Waals surface area contributed by atoms with Gasteiger partial charge in [0.15, 0.2) is 0 Å². The molecule has 0 aliphatic rings. The van der Waals surface area contributed by atoms with Gasteiger partial charge in [0.25, 0.3) is 5.91 Å². The first kappa shape index (κ1) is 8.82. The molecule has 0 fully saturated rings. The molecular formula is C7H7N5OS. The first-order valence-electron chi connectivity index (χ1n) is 3.81. The predicted molar refractivity (Wildman–Crippen MR) is 51.1 cm³/mol. The number of thiazole rings is 1. The van der Waals surface area contributed by atoms with Crippen LogP contribution in [0.15, 0.2) is 17.2 Å². The van der Waals surface area contributed by atoms with Crippen molar-refractivity contribution in [3.05, 3.63) is 22.9 Å². The maximum Gasteiger partial charge on any atom is 0.277 e. The number of aromatic nitrogens is 4. The highest BCUT2D eigenvalue weighted by Gasteiger charge is 2.10. The molecule has 2 aromatic heterocycles. The lowest BCUT2D eigenvalue weighted by Gasteiger charge is -2.00. The highest BCUT2D eigenvalue weighted by Crippen LogP contribution is 2.05. The second kappa shape index (κ2) is 3.54. The minimum Gasteiger partial charge on any atom is -0.303 e. The maximum atomic E-state index is 11.5. The Balaban J connectivity index is 2.13. The average molecular weight is 209 g/mol. The number of aryl methyl sites for hydroxylation is 1. The molecule has 1 N–H and O–H groups in total. The molecule has 14 heavy (non-hydrogen) atoms. The van der Waals surface area contributed by atoms with E-state index in [1.165, 1.54) is 17.7 Å². The Morgan fingerprint density at radius 2 is 2.50 bits per heavy atom. The van der Waals surface area contributed by atoms with Crippen molar-refractivity contribution in [2.24, 2.45) is 7.05 Å². The van der Waals surface area contributed by atoms with Crippen LogP contribution in [0.4, 0.5) is 5.95 Å². The third-order valence-corrected chi connectivity index (χ3v) is 2.19. The zero-order chi connectivity index (χ0) is 9.97. The van der Waals surface area contributed by atoms with Crippen LogP contribution in [0.5, 0.6) is 0 Å². The van der Waals surface area contributed by atoms with Gasteiger partial charge in [-0.05, 0) is 0 Å². The van der Waals surface area contributed by atoms with Gasteiger partial charge in [-0.15, -0.1) is 21.5 Å². The van der Waals surface area contributed by atoms with Crippen LogP contribution >= 0.6 is 11.3 Å². The van der Waals surface area contributed by atoms with E-state index in [-0.39, 0.29) is 5.91 Å². The molecule has 2 aromatic rings. The van der Waals surface area contributed by atoms with Crippen LogP contribution in [0.25, 0.3) is 0 Å². The lowest BCUT2D eigenvalue weighted by Crippen LogP contribution is -2.15. The molecule has 0 saturated heterocycles. The van der Waals surface area contributed by atoms with Crippen molar-refractivity contribution in [2.45, 2.75) is 0 Å². The Morgan fingerprint density at radius 3 is 3.07 bits per heavy atom. The van der Waals surface area contributed by atoms with Crippen molar-refractivity contribution in [2.75, 3.05) is 5.32 Å². The van der Waals surface area contributed by atoms with Crippen LogP contribution in [0.3, 0.4) is 0 Å². The molecule has 72 valence electrons. The largest absolute Gasteiger partial charge is 0.303 e. The van der Waals surface area contributed by atoms with E-state index in [4.69, 9.17) is 0 Å². The van der Waals surface area contributed by atoms with Gasteiger partial charge in [0.05, 0.1) is 5.51 Å². The zero-order valence-electron chi connectivity index (χ0n) is 7.34. The number of nitrogens with one attached hydrogen (secondary N) is 1. The van der Waals surface area contributed by atoms with Gasteiger partial charge in [0.1, 0.15) is 12.0 Å². The molecule has 0 unspecified atom stereocenters. The average Bonchev–Trinajstić information content (AvgIpc) is 2.77. The van der Waals surface area contributed by atoms with Crippen LogP contribution < -0.4 is 5.32 Å². The highest BCUT2D eigenvalue weighted by molar-refractivity contribution is 7.07. The summed E-state index contributed by atoms with van der Waals surface area (Å²) in [5.74, 6) is 0.130. The minimum absolute atomic E-state index is 0.276. The molecule has 2 rings (SSSR count).